The summed E-state index contributed by atoms with van der Waals surface area (Å²) in [6.07, 6.45) is 4.93. The first-order valence-corrected chi connectivity index (χ1v) is 14.3. The number of benzene rings is 2. The van der Waals surface area contributed by atoms with Gasteiger partial charge in [0.2, 0.25) is 5.91 Å². The van der Waals surface area contributed by atoms with Crippen molar-refractivity contribution in [2.45, 2.75) is 32.3 Å². The number of ether oxygens (including phenoxy) is 2. The topological polar surface area (TPSA) is 122 Å². The molecule has 216 valence electrons. The van der Waals surface area contributed by atoms with Gasteiger partial charge in [0.25, 0.3) is 0 Å². The zero-order chi connectivity index (χ0) is 28.8. The van der Waals surface area contributed by atoms with Crippen LogP contribution in [-0.4, -0.2) is 70.3 Å². The summed E-state index contributed by atoms with van der Waals surface area (Å²) in [6, 6.07) is 9.44. The quantitative estimate of drug-likeness (QED) is 0.233. The van der Waals surface area contributed by atoms with Gasteiger partial charge in [0.1, 0.15) is 24.6 Å². The van der Waals surface area contributed by atoms with E-state index in [0.29, 0.717) is 46.2 Å². The summed E-state index contributed by atoms with van der Waals surface area (Å²) in [4.78, 5) is 28.7. The molecule has 5 rings (SSSR count). The number of nitrogens with one attached hydrogen (secondary N) is 2. The summed E-state index contributed by atoms with van der Waals surface area (Å²) < 4.78 is 25.1. The number of aromatic nitrogens is 3. The minimum Gasteiger partial charge on any atom is -0.493 e. The molecular formula is C29H33FN6O4S. The van der Waals surface area contributed by atoms with Crippen LogP contribution in [0.2, 0.25) is 0 Å². The second-order valence-electron chi connectivity index (χ2n) is 10.0. The molecule has 0 radical (unpaired) electrons. The summed E-state index contributed by atoms with van der Waals surface area (Å²) in [6.45, 7) is 5.06. The Morgan fingerprint density at radius 1 is 1.20 bits per heavy atom. The van der Waals surface area contributed by atoms with E-state index in [1.54, 1.807) is 25.4 Å². The van der Waals surface area contributed by atoms with Gasteiger partial charge in [-0.25, -0.2) is 19.3 Å². The SMILES string of the molecule is COc1cc2c(Nc3ncc(CC(=O)Nc4cccc(F)c4)s3)ncnc2cc1OCCN1CCC(C(C)O)CC1. The highest BCUT2D eigenvalue weighted by atomic mass is 32.1. The van der Waals surface area contributed by atoms with Crippen molar-refractivity contribution in [2.24, 2.45) is 5.92 Å². The maximum Gasteiger partial charge on any atom is 0.229 e. The van der Waals surface area contributed by atoms with Gasteiger partial charge >= 0.3 is 0 Å². The summed E-state index contributed by atoms with van der Waals surface area (Å²) in [5, 5.41) is 17.0. The van der Waals surface area contributed by atoms with Crippen LogP contribution >= 0.6 is 11.3 Å². The summed E-state index contributed by atoms with van der Waals surface area (Å²) in [5.41, 5.74) is 1.09. The number of halogens is 1. The van der Waals surface area contributed by atoms with Gasteiger partial charge in [0.15, 0.2) is 16.6 Å². The summed E-state index contributed by atoms with van der Waals surface area (Å²) in [7, 11) is 1.59. The first-order chi connectivity index (χ1) is 19.9. The Morgan fingerprint density at radius 3 is 2.78 bits per heavy atom. The molecule has 0 spiro atoms. The lowest BCUT2D eigenvalue weighted by molar-refractivity contribution is -0.115. The lowest BCUT2D eigenvalue weighted by atomic mass is 9.92. The monoisotopic (exact) mass is 580 g/mol. The standard InChI is InChI=1S/C29H33FN6O4S/c1-18(37)19-6-8-36(9-7-19)10-11-40-26-15-24-23(14-25(26)39-2)28(33-17-32-24)35-29-31-16-22(41-29)13-27(38)34-21-5-3-4-20(30)12-21/h3-5,12,14-19,37H,6-11,13H2,1-2H3,(H,34,38)(H,31,32,33,35). The molecule has 2 aromatic heterocycles. The number of aliphatic hydroxyl groups excluding tert-OH is 1. The predicted octanol–water partition coefficient (Wildman–Crippen LogP) is 4.63. The average Bonchev–Trinajstić information content (AvgIpc) is 3.39. The Bertz CT molecular complexity index is 1490. The second kappa shape index (κ2) is 13.2. The lowest BCUT2D eigenvalue weighted by Crippen LogP contribution is -2.39. The molecule has 1 saturated heterocycles. The molecule has 1 aliphatic rings. The third-order valence-electron chi connectivity index (χ3n) is 7.12. The molecule has 1 atom stereocenters. The zero-order valence-corrected chi connectivity index (χ0v) is 23.8. The van der Waals surface area contributed by atoms with Crippen molar-refractivity contribution in [3.8, 4) is 11.5 Å². The second-order valence-corrected chi connectivity index (χ2v) is 11.1. The van der Waals surface area contributed by atoms with Crippen molar-refractivity contribution in [2.75, 3.05) is 44.0 Å². The van der Waals surface area contributed by atoms with E-state index in [1.807, 2.05) is 19.1 Å². The van der Waals surface area contributed by atoms with Gasteiger partial charge in [-0.3, -0.25) is 9.69 Å². The molecule has 1 fully saturated rings. The molecule has 0 bridgehead atoms. The van der Waals surface area contributed by atoms with Crippen LogP contribution in [0.1, 0.15) is 24.6 Å². The summed E-state index contributed by atoms with van der Waals surface area (Å²) >= 11 is 1.33. The number of carbonyl (C=O) groups is 1. The average molecular weight is 581 g/mol. The minimum absolute atomic E-state index is 0.105. The van der Waals surface area contributed by atoms with Crippen LogP contribution in [0, 0.1) is 11.7 Å². The largest absolute Gasteiger partial charge is 0.493 e. The zero-order valence-electron chi connectivity index (χ0n) is 23.0. The van der Waals surface area contributed by atoms with Gasteiger partial charge in [0, 0.05) is 34.8 Å². The Labute approximate surface area is 241 Å². The van der Waals surface area contributed by atoms with Gasteiger partial charge in [-0.15, -0.1) is 11.3 Å². The Hall–Kier alpha value is -3.87. The molecule has 1 aliphatic heterocycles. The van der Waals surface area contributed by atoms with Crippen molar-refractivity contribution in [1.29, 1.82) is 0 Å². The molecule has 0 aliphatic carbocycles. The number of hydrogen-bond donors (Lipinski definition) is 3. The number of likely N-dealkylation sites (tertiary alicyclic amines) is 1. The molecule has 3 N–H and O–H groups in total. The molecule has 41 heavy (non-hydrogen) atoms. The number of aliphatic hydroxyl groups is 1. The van der Waals surface area contributed by atoms with Crippen LogP contribution < -0.4 is 20.1 Å². The van der Waals surface area contributed by atoms with E-state index in [2.05, 4.69) is 30.5 Å². The highest BCUT2D eigenvalue weighted by Gasteiger charge is 2.22. The van der Waals surface area contributed by atoms with Gasteiger partial charge in [-0.05, 0) is 63.0 Å². The van der Waals surface area contributed by atoms with Crippen LogP contribution in [0.5, 0.6) is 11.5 Å². The molecule has 12 heteroatoms. The fourth-order valence-electron chi connectivity index (χ4n) is 4.86. The third-order valence-corrected chi connectivity index (χ3v) is 8.04. The van der Waals surface area contributed by atoms with Crippen LogP contribution in [-0.2, 0) is 11.2 Å². The predicted molar refractivity (Wildman–Crippen MR) is 157 cm³/mol. The van der Waals surface area contributed by atoms with E-state index in [-0.39, 0.29) is 18.4 Å². The minimum atomic E-state index is -0.413. The molecule has 1 unspecified atom stereocenters. The molecular weight excluding hydrogens is 547 g/mol. The lowest BCUT2D eigenvalue weighted by Gasteiger charge is -2.33. The van der Waals surface area contributed by atoms with Crippen molar-refractivity contribution in [3.05, 3.63) is 59.6 Å². The first-order valence-electron chi connectivity index (χ1n) is 13.5. The van der Waals surface area contributed by atoms with Crippen LogP contribution in [0.3, 0.4) is 0 Å². The molecule has 4 aromatic rings. The Balaban J connectivity index is 1.21. The third kappa shape index (κ3) is 7.46. The van der Waals surface area contributed by atoms with E-state index >= 15 is 0 Å². The van der Waals surface area contributed by atoms with Crippen molar-refractivity contribution < 1.29 is 23.8 Å². The maximum atomic E-state index is 13.4. The van der Waals surface area contributed by atoms with E-state index in [1.165, 1.54) is 29.8 Å². The van der Waals surface area contributed by atoms with Crippen LogP contribution in [0.15, 0.2) is 48.9 Å². The first kappa shape index (κ1) is 28.7. The molecule has 0 saturated carbocycles. The maximum absolute atomic E-state index is 13.4. The van der Waals surface area contributed by atoms with Crippen molar-refractivity contribution in [1.82, 2.24) is 19.9 Å². The number of carbonyl (C=O) groups excluding carboxylic acids is 1. The number of rotatable bonds is 11. The smallest absolute Gasteiger partial charge is 0.229 e. The number of anilines is 3. The molecule has 2 aromatic carbocycles. The van der Waals surface area contributed by atoms with Crippen LogP contribution in [0.25, 0.3) is 10.9 Å². The number of methoxy groups -OCH3 is 1. The van der Waals surface area contributed by atoms with E-state index in [9.17, 15) is 14.3 Å². The number of hydrogen-bond acceptors (Lipinski definition) is 10. The van der Waals surface area contributed by atoms with E-state index in [4.69, 9.17) is 9.47 Å². The molecule has 1 amide bonds. The fraction of sp³-hybridized carbons (Fsp3) is 0.379. The van der Waals surface area contributed by atoms with Gasteiger partial charge in [0.05, 0.1) is 25.2 Å². The number of thiazole rings is 1. The normalized spacial score (nSPS) is 15.0. The number of piperidine rings is 1. The molecule has 10 nitrogen and oxygen atoms in total. The number of nitrogens with zero attached hydrogens (tertiary/aromatic N) is 4. The highest BCUT2D eigenvalue weighted by molar-refractivity contribution is 7.15. The summed E-state index contributed by atoms with van der Waals surface area (Å²) in [5.74, 6) is 1.41. The van der Waals surface area contributed by atoms with Gasteiger partial charge in [-0.2, -0.15) is 0 Å². The van der Waals surface area contributed by atoms with Gasteiger partial charge < -0.3 is 25.2 Å². The van der Waals surface area contributed by atoms with Crippen LogP contribution in [0.4, 0.5) is 21.0 Å². The fourth-order valence-corrected chi connectivity index (χ4v) is 5.67. The van der Waals surface area contributed by atoms with E-state index < -0.39 is 5.82 Å². The Kier molecular flexibility index (Phi) is 9.22. The van der Waals surface area contributed by atoms with Gasteiger partial charge in [-0.1, -0.05) is 6.07 Å². The molecule has 3 heterocycles. The van der Waals surface area contributed by atoms with Crippen molar-refractivity contribution >= 4 is 44.8 Å². The highest BCUT2D eigenvalue weighted by Crippen LogP contribution is 2.35. The number of amides is 1. The van der Waals surface area contributed by atoms with E-state index in [0.717, 1.165) is 42.7 Å². The Morgan fingerprint density at radius 2 is 2.02 bits per heavy atom. The van der Waals surface area contributed by atoms with Crippen molar-refractivity contribution in [3.63, 3.8) is 0 Å². The number of fused-ring (bicyclic) bond motifs is 1.